The Morgan fingerprint density at radius 2 is 1.76 bits per heavy atom. The van der Waals surface area contributed by atoms with Crippen LogP contribution in [0, 0.1) is 10.1 Å². The van der Waals surface area contributed by atoms with Crippen LogP contribution in [0.25, 0.3) is 0 Å². The number of non-ortho nitro benzene ring substituents is 1. The molecule has 4 nitrogen and oxygen atoms in total. The van der Waals surface area contributed by atoms with E-state index in [2.05, 4.69) is 50.4 Å². The number of nitro groups is 1. The molecule has 2 aromatic carbocycles. The summed E-state index contributed by atoms with van der Waals surface area (Å²) < 4.78 is 0. The van der Waals surface area contributed by atoms with E-state index in [1.807, 2.05) is 6.07 Å². The van der Waals surface area contributed by atoms with E-state index in [-0.39, 0.29) is 16.0 Å². The van der Waals surface area contributed by atoms with Crippen molar-refractivity contribution in [3.05, 3.63) is 69.8 Å². The molecule has 0 unspecified atom stereocenters. The number of hydrogen-bond donors (Lipinski definition) is 1. The number of nitrogens with one attached hydrogen (secondary N) is 1. The third kappa shape index (κ3) is 4.05. The van der Waals surface area contributed by atoms with Crippen molar-refractivity contribution in [2.45, 2.75) is 32.7 Å². The molecular weight excluding hydrogens is 264 g/mol. The predicted molar refractivity (Wildman–Crippen MR) is 85.6 cm³/mol. The molecule has 0 heterocycles. The lowest BCUT2D eigenvalue weighted by Crippen LogP contribution is -2.11. The van der Waals surface area contributed by atoms with E-state index >= 15 is 0 Å². The summed E-state index contributed by atoms with van der Waals surface area (Å²) in [5.74, 6) is 0. The van der Waals surface area contributed by atoms with Crippen molar-refractivity contribution < 1.29 is 4.92 Å². The van der Waals surface area contributed by atoms with Crippen LogP contribution in [-0.2, 0) is 12.0 Å². The molecule has 21 heavy (non-hydrogen) atoms. The molecule has 0 fully saturated rings. The van der Waals surface area contributed by atoms with Gasteiger partial charge in [0.25, 0.3) is 5.69 Å². The Kier molecular flexibility index (Phi) is 4.26. The number of nitrogens with zero attached hydrogens (tertiary/aromatic N) is 1. The first-order chi connectivity index (χ1) is 9.86. The highest BCUT2D eigenvalue weighted by Crippen LogP contribution is 2.23. The molecule has 1 N–H and O–H groups in total. The van der Waals surface area contributed by atoms with Crippen molar-refractivity contribution in [2.75, 3.05) is 5.32 Å². The number of hydrogen-bond acceptors (Lipinski definition) is 3. The first kappa shape index (κ1) is 15.0. The zero-order valence-corrected chi connectivity index (χ0v) is 12.6. The van der Waals surface area contributed by atoms with Crippen LogP contribution in [-0.4, -0.2) is 4.92 Å². The third-order valence-corrected chi connectivity index (χ3v) is 3.37. The van der Waals surface area contributed by atoms with Gasteiger partial charge < -0.3 is 5.32 Å². The SMILES string of the molecule is CC(C)(C)c1ccc(CNc2cccc([N+](=O)[O-])c2)cc1. The van der Waals surface area contributed by atoms with Crippen LogP contribution >= 0.6 is 0 Å². The lowest BCUT2D eigenvalue weighted by atomic mass is 9.87. The molecule has 2 aromatic rings. The van der Waals surface area contributed by atoms with Crippen molar-refractivity contribution in [2.24, 2.45) is 0 Å². The maximum Gasteiger partial charge on any atom is 0.271 e. The highest BCUT2D eigenvalue weighted by molar-refractivity contribution is 5.51. The lowest BCUT2D eigenvalue weighted by molar-refractivity contribution is -0.384. The maximum absolute atomic E-state index is 10.7. The van der Waals surface area contributed by atoms with Gasteiger partial charge in [-0.3, -0.25) is 10.1 Å². The Morgan fingerprint density at radius 3 is 2.33 bits per heavy atom. The maximum atomic E-state index is 10.7. The van der Waals surface area contributed by atoms with Gasteiger partial charge in [-0.25, -0.2) is 0 Å². The third-order valence-electron chi connectivity index (χ3n) is 3.37. The lowest BCUT2D eigenvalue weighted by Gasteiger charge is -2.19. The van der Waals surface area contributed by atoms with E-state index in [0.717, 1.165) is 11.3 Å². The summed E-state index contributed by atoms with van der Waals surface area (Å²) >= 11 is 0. The first-order valence-corrected chi connectivity index (χ1v) is 6.94. The zero-order chi connectivity index (χ0) is 15.5. The topological polar surface area (TPSA) is 55.2 Å². The standard InChI is InChI=1S/C17H20N2O2/c1-17(2,3)14-9-7-13(8-10-14)12-18-15-5-4-6-16(11-15)19(20)21/h4-11,18H,12H2,1-3H3. The van der Waals surface area contributed by atoms with Crippen LogP contribution in [0.5, 0.6) is 0 Å². The van der Waals surface area contributed by atoms with Crippen LogP contribution in [0.15, 0.2) is 48.5 Å². The fourth-order valence-electron chi connectivity index (χ4n) is 2.06. The summed E-state index contributed by atoms with van der Waals surface area (Å²) in [6.45, 7) is 7.20. The Hall–Kier alpha value is -2.36. The van der Waals surface area contributed by atoms with Gasteiger partial charge in [0, 0.05) is 24.4 Å². The second kappa shape index (κ2) is 5.95. The summed E-state index contributed by atoms with van der Waals surface area (Å²) in [6.07, 6.45) is 0. The summed E-state index contributed by atoms with van der Waals surface area (Å²) in [6, 6.07) is 15.0. The smallest absolute Gasteiger partial charge is 0.271 e. The molecule has 4 heteroatoms. The van der Waals surface area contributed by atoms with Crippen molar-refractivity contribution >= 4 is 11.4 Å². The fourth-order valence-corrected chi connectivity index (χ4v) is 2.06. The van der Waals surface area contributed by atoms with Gasteiger partial charge in [0.2, 0.25) is 0 Å². The molecule has 0 aliphatic rings. The van der Waals surface area contributed by atoms with Gasteiger partial charge in [0.05, 0.1) is 4.92 Å². The summed E-state index contributed by atoms with van der Waals surface area (Å²) in [4.78, 5) is 10.4. The highest BCUT2D eigenvalue weighted by atomic mass is 16.6. The Morgan fingerprint density at radius 1 is 1.10 bits per heavy atom. The largest absolute Gasteiger partial charge is 0.381 e. The van der Waals surface area contributed by atoms with Gasteiger partial charge in [-0.15, -0.1) is 0 Å². The van der Waals surface area contributed by atoms with Crippen molar-refractivity contribution in [3.8, 4) is 0 Å². The quantitative estimate of drug-likeness (QED) is 0.664. The first-order valence-electron chi connectivity index (χ1n) is 6.94. The molecule has 0 aromatic heterocycles. The van der Waals surface area contributed by atoms with Crippen LogP contribution in [0.4, 0.5) is 11.4 Å². The minimum atomic E-state index is -0.386. The van der Waals surface area contributed by atoms with Crippen molar-refractivity contribution in [1.29, 1.82) is 0 Å². The highest BCUT2D eigenvalue weighted by Gasteiger charge is 2.12. The number of rotatable bonds is 4. The van der Waals surface area contributed by atoms with Crippen LogP contribution in [0.2, 0.25) is 0 Å². The Bertz CT molecular complexity index is 628. The van der Waals surface area contributed by atoms with Crippen LogP contribution in [0.1, 0.15) is 31.9 Å². The van der Waals surface area contributed by atoms with Gasteiger partial charge in [0.15, 0.2) is 0 Å². The van der Waals surface area contributed by atoms with E-state index in [1.165, 1.54) is 11.6 Å². The van der Waals surface area contributed by atoms with Gasteiger partial charge in [-0.1, -0.05) is 51.1 Å². The molecule has 0 bridgehead atoms. The number of nitro benzene ring substituents is 1. The minimum Gasteiger partial charge on any atom is -0.381 e. The Labute approximate surface area is 125 Å². The van der Waals surface area contributed by atoms with Gasteiger partial charge in [-0.2, -0.15) is 0 Å². The fraction of sp³-hybridized carbons (Fsp3) is 0.294. The van der Waals surface area contributed by atoms with Crippen LogP contribution < -0.4 is 5.32 Å². The molecule has 0 atom stereocenters. The zero-order valence-electron chi connectivity index (χ0n) is 12.6. The molecule has 2 rings (SSSR count). The molecular formula is C17H20N2O2. The van der Waals surface area contributed by atoms with Crippen LogP contribution in [0.3, 0.4) is 0 Å². The second-order valence-corrected chi connectivity index (χ2v) is 6.11. The van der Waals surface area contributed by atoms with Crippen molar-refractivity contribution in [1.82, 2.24) is 0 Å². The van der Waals surface area contributed by atoms with E-state index in [0.29, 0.717) is 6.54 Å². The predicted octanol–water partition coefficient (Wildman–Crippen LogP) is 4.50. The van der Waals surface area contributed by atoms with E-state index in [9.17, 15) is 10.1 Å². The normalized spacial score (nSPS) is 11.2. The molecule has 0 radical (unpaired) electrons. The molecule has 0 amide bonds. The van der Waals surface area contributed by atoms with Crippen molar-refractivity contribution in [3.63, 3.8) is 0 Å². The second-order valence-electron chi connectivity index (χ2n) is 6.11. The van der Waals surface area contributed by atoms with E-state index in [1.54, 1.807) is 12.1 Å². The average Bonchev–Trinajstić information content (AvgIpc) is 2.45. The summed E-state index contributed by atoms with van der Waals surface area (Å²) in [7, 11) is 0. The summed E-state index contributed by atoms with van der Waals surface area (Å²) in [5.41, 5.74) is 3.44. The molecule has 110 valence electrons. The molecule has 0 saturated heterocycles. The van der Waals surface area contributed by atoms with E-state index < -0.39 is 0 Å². The molecule has 0 spiro atoms. The van der Waals surface area contributed by atoms with E-state index in [4.69, 9.17) is 0 Å². The van der Waals surface area contributed by atoms with Gasteiger partial charge in [-0.05, 0) is 22.6 Å². The monoisotopic (exact) mass is 284 g/mol. The number of anilines is 1. The molecule has 0 aliphatic heterocycles. The minimum absolute atomic E-state index is 0.100. The number of benzene rings is 2. The average molecular weight is 284 g/mol. The van der Waals surface area contributed by atoms with Gasteiger partial charge in [0.1, 0.15) is 0 Å². The van der Waals surface area contributed by atoms with Gasteiger partial charge >= 0.3 is 0 Å². The summed E-state index contributed by atoms with van der Waals surface area (Å²) in [5, 5.41) is 13.9. The Balaban J connectivity index is 2.03. The molecule has 0 saturated carbocycles. The molecule has 0 aliphatic carbocycles.